The molecule has 0 aliphatic heterocycles. The number of amides is 1. The number of benzene rings is 1. The van der Waals surface area contributed by atoms with Crippen molar-refractivity contribution in [3.8, 4) is 0 Å². The maximum absolute atomic E-state index is 11.9. The van der Waals surface area contributed by atoms with Crippen LogP contribution in [0.15, 0.2) is 24.3 Å². The van der Waals surface area contributed by atoms with Gasteiger partial charge in [-0.1, -0.05) is 37.7 Å². The highest BCUT2D eigenvalue weighted by Gasteiger charge is 2.06. The molecule has 4 nitrogen and oxygen atoms in total. The highest BCUT2D eigenvalue weighted by atomic mass is 32.1. The first-order chi connectivity index (χ1) is 9.65. The summed E-state index contributed by atoms with van der Waals surface area (Å²) in [5, 5.41) is 2.85. The smallest absolute Gasteiger partial charge is 0.251 e. The highest BCUT2D eigenvalue weighted by molar-refractivity contribution is 7.80. The standard InChI is InChI=1S/C15H22N2O2S/c1-2-3-9-19-10-5-8-17-15(18)13-7-4-6-12(11-13)14(16)20/h4,6-7,11H,2-3,5,8-10H2,1H3,(H2,16,20)(H,17,18). The molecule has 0 saturated carbocycles. The Morgan fingerprint density at radius 3 is 2.70 bits per heavy atom. The number of thiocarbonyl (C=S) groups is 1. The lowest BCUT2D eigenvalue weighted by molar-refractivity contribution is 0.0940. The Morgan fingerprint density at radius 2 is 2.00 bits per heavy atom. The lowest BCUT2D eigenvalue weighted by Gasteiger charge is -2.07. The molecule has 0 atom stereocenters. The zero-order valence-electron chi connectivity index (χ0n) is 11.9. The second kappa shape index (κ2) is 9.44. The Bertz CT molecular complexity index is 449. The number of carbonyl (C=O) groups excluding carboxylic acids is 1. The number of hydrogen-bond donors (Lipinski definition) is 2. The zero-order valence-corrected chi connectivity index (χ0v) is 12.7. The molecule has 0 spiro atoms. The topological polar surface area (TPSA) is 64.3 Å². The molecular formula is C15H22N2O2S. The van der Waals surface area contributed by atoms with Gasteiger partial charge in [0.2, 0.25) is 0 Å². The number of nitrogens with two attached hydrogens (primary N) is 1. The number of nitrogens with one attached hydrogen (secondary N) is 1. The van der Waals surface area contributed by atoms with Gasteiger partial charge in [0.05, 0.1) is 0 Å². The Balaban J connectivity index is 2.29. The first-order valence-electron chi connectivity index (χ1n) is 6.91. The number of unbranched alkanes of at least 4 members (excludes halogenated alkanes) is 1. The van der Waals surface area contributed by atoms with E-state index in [-0.39, 0.29) is 5.91 Å². The van der Waals surface area contributed by atoms with Crippen LogP contribution in [-0.2, 0) is 4.74 Å². The Kier molecular flexibility index (Phi) is 7.84. The fourth-order valence-electron chi connectivity index (χ4n) is 1.64. The molecule has 0 saturated heterocycles. The summed E-state index contributed by atoms with van der Waals surface area (Å²) in [6.45, 7) is 4.20. The minimum absolute atomic E-state index is 0.114. The third-order valence-electron chi connectivity index (χ3n) is 2.80. The van der Waals surface area contributed by atoms with Crippen LogP contribution in [0.25, 0.3) is 0 Å². The maximum atomic E-state index is 11.9. The molecule has 0 aliphatic carbocycles. The molecular weight excluding hydrogens is 272 g/mol. The fraction of sp³-hybridized carbons (Fsp3) is 0.467. The van der Waals surface area contributed by atoms with Gasteiger partial charge in [-0.05, 0) is 25.0 Å². The summed E-state index contributed by atoms with van der Waals surface area (Å²) in [5.74, 6) is -0.114. The summed E-state index contributed by atoms with van der Waals surface area (Å²) in [4.78, 5) is 12.2. The van der Waals surface area contributed by atoms with Gasteiger partial charge in [-0.3, -0.25) is 4.79 Å². The molecule has 5 heteroatoms. The molecule has 0 unspecified atom stereocenters. The molecule has 0 heterocycles. The molecule has 1 aromatic rings. The number of hydrogen-bond acceptors (Lipinski definition) is 3. The SMILES string of the molecule is CCCCOCCCNC(=O)c1cccc(C(N)=S)c1. The Labute approximate surface area is 125 Å². The highest BCUT2D eigenvalue weighted by Crippen LogP contribution is 2.05. The lowest BCUT2D eigenvalue weighted by atomic mass is 10.1. The van der Waals surface area contributed by atoms with E-state index in [9.17, 15) is 4.79 Å². The second-order valence-corrected chi connectivity index (χ2v) is 4.96. The summed E-state index contributed by atoms with van der Waals surface area (Å²) in [5.41, 5.74) is 6.82. The van der Waals surface area contributed by atoms with Crippen LogP contribution in [0.4, 0.5) is 0 Å². The van der Waals surface area contributed by atoms with Gasteiger partial charge in [0.25, 0.3) is 5.91 Å². The molecule has 1 aromatic carbocycles. The van der Waals surface area contributed by atoms with Crippen molar-refractivity contribution < 1.29 is 9.53 Å². The number of ether oxygens (including phenoxy) is 1. The monoisotopic (exact) mass is 294 g/mol. The average molecular weight is 294 g/mol. The summed E-state index contributed by atoms with van der Waals surface area (Å²) in [6, 6.07) is 7.02. The van der Waals surface area contributed by atoms with E-state index in [1.807, 2.05) is 0 Å². The third kappa shape index (κ3) is 6.12. The Morgan fingerprint density at radius 1 is 1.30 bits per heavy atom. The van der Waals surface area contributed by atoms with Crippen LogP contribution in [0.3, 0.4) is 0 Å². The van der Waals surface area contributed by atoms with Gasteiger partial charge in [0.15, 0.2) is 0 Å². The van der Waals surface area contributed by atoms with Gasteiger partial charge in [-0.25, -0.2) is 0 Å². The molecule has 110 valence electrons. The van der Waals surface area contributed by atoms with Gasteiger partial charge in [0.1, 0.15) is 4.99 Å². The molecule has 0 bridgehead atoms. The number of carbonyl (C=O) groups is 1. The van der Waals surface area contributed by atoms with Crippen LogP contribution in [0, 0.1) is 0 Å². The maximum Gasteiger partial charge on any atom is 0.251 e. The third-order valence-corrected chi connectivity index (χ3v) is 3.04. The van der Waals surface area contributed by atoms with Crippen LogP contribution in [0.1, 0.15) is 42.1 Å². The van der Waals surface area contributed by atoms with Crippen LogP contribution < -0.4 is 11.1 Å². The predicted molar refractivity (Wildman–Crippen MR) is 85.0 cm³/mol. The zero-order chi connectivity index (χ0) is 14.8. The average Bonchev–Trinajstić information content (AvgIpc) is 2.46. The largest absolute Gasteiger partial charge is 0.389 e. The molecule has 0 aromatic heterocycles. The quantitative estimate of drug-likeness (QED) is 0.541. The van der Waals surface area contributed by atoms with Crippen molar-refractivity contribution in [1.29, 1.82) is 0 Å². The Hall–Kier alpha value is -1.46. The van der Waals surface area contributed by atoms with Gasteiger partial charge >= 0.3 is 0 Å². The van der Waals surface area contributed by atoms with Gasteiger partial charge in [-0.2, -0.15) is 0 Å². The summed E-state index contributed by atoms with van der Waals surface area (Å²) in [7, 11) is 0. The van der Waals surface area contributed by atoms with Gasteiger partial charge in [0, 0.05) is 30.9 Å². The lowest BCUT2D eigenvalue weighted by Crippen LogP contribution is -2.25. The summed E-state index contributed by atoms with van der Waals surface area (Å²) in [6.07, 6.45) is 3.03. The van der Waals surface area contributed by atoms with E-state index in [1.165, 1.54) is 0 Å². The normalized spacial score (nSPS) is 10.2. The van der Waals surface area contributed by atoms with Crippen molar-refractivity contribution in [3.63, 3.8) is 0 Å². The molecule has 20 heavy (non-hydrogen) atoms. The van der Waals surface area contributed by atoms with Crippen LogP contribution in [0.2, 0.25) is 0 Å². The second-order valence-electron chi connectivity index (χ2n) is 4.52. The van der Waals surface area contributed by atoms with E-state index in [4.69, 9.17) is 22.7 Å². The van der Waals surface area contributed by atoms with Crippen LogP contribution in [0.5, 0.6) is 0 Å². The van der Waals surface area contributed by atoms with E-state index in [2.05, 4.69) is 12.2 Å². The van der Waals surface area contributed by atoms with Crippen molar-refractivity contribution in [2.45, 2.75) is 26.2 Å². The molecule has 0 aliphatic rings. The minimum atomic E-state index is -0.114. The molecule has 0 fully saturated rings. The van der Waals surface area contributed by atoms with Gasteiger partial charge < -0.3 is 15.8 Å². The van der Waals surface area contributed by atoms with E-state index >= 15 is 0 Å². The van der Waals surface area contributed by atoms with Crippen molar-refractivity contribution in [3.05, 3.63) is 35.4 Å². The fourth-order valence-corrected chi connectivity index (χ4v) is 1.77. The van der Waals surface area contributed by atoms with E-state index in [0.717, 1.165) is 25.9 Å². The summed E-state index contributed by atoms with van der Waals surface area (Å²) >= 11 is 4.89. The minimum Gasteiger partial charge on any atom is -0.389 e. The van der Waals surface area contributed by atoms with Crippen molar-refractivity contribution >= 4 is 23.1 Å². The van der Waals surface area contributed by atoms with E-state index < -0.39 is 0 Å². The van der Waals surface area contributed by atoms with E-state index in [0.29, 0.717) is 29.3 Å². The molecule has 3 N–H and O–H groups in total. The summed E-state index contributed by atoms with van der Waals surface area (Å²) < 4.78 is 5.43. The van der Waals surface area contributed by atoms with Crippen LogP contribution in [-0.4, -0.2) is 30.7 Å². The molecule has 1 rings (SSSR count). The van der Waals surface area contributed by atoms with Crippen molar-refractivity contribution in [1.82, 2.24) is 5.32 Å². The van der Waals surface area contributed by atoms with E-state index in [1.54, 1.807) is 24.3 Å². The van der Waals surface area contributed by atoms with Crippen molar-refractivity contribution in [2.24, 2.45) is 5.73 Å². The first kappa shape index (κ1) is 16.6. The van der Waals surface area contributed by atoms with Crippen molar-refractivity contribution in [2.75, 3.05) is 19.8 Å². The number of rotatable bonds is 9. The molecule has 0 radical (unpaired) electrons. The van der Waals surface area contributed by atoms with Crippen LogP contribution >= 0.6 is 12.2 Å². The molecule has 1 amide bonds. The van der Waals surface area contributed by atoms with Gasteiger partial charge in [-0.15, -0.1) is 0 Å². The first-order valence-corrected chi connectivity index (χ1v) is 7.31. The predicted octanol–water partition coefficient (Wildman–Crippen LogP) is 2.26.